The molecule has 0 aromatic heterocycles. The average molecular weight is 501 g/mol. The summed E-state index contributed by atoms with van der Waals surface area (Å²) in [5.74, 6) is 2.16. The Hall–Kier alpha value is -1.27. The first-order valence-electron chi connectivity index (χ1n) is 13.5. The molecule has 0 aliphatic heterocycles. The van der Waals surface area contributed by atoms with Crippen LogP contribution in [0.4, 0.5) is 0 Å². The molecule has 0 aliphatic rings. The Balaban J connectivity index is 3.27. The maximum absolute atomic E-state index is 6.15. The van der Waals surface area contributed by atoms with Crippen molar-refractivity contribution in [3.05, 3.63) is 24.3 Å². The molecular formula is C30H52O2Si2. The van der Waals surface area contributed by atoms with Crippen LogP contribution in [-0.2, 0) is 0 Å². The summed E-state index contributed by atoms with van der Waals surface area (Å²) in [6.45, 7) is 29.4. The van der Waals surface area contributed by atoms with Crippen molar-refractivity contribution in [3.63, 3.8) is 0 Å². The van der Waals surface area contributed by atoms with Gasteiger partial charge in [-0.05, 0) is 66.5 Å². The molecule has 0 unspecified atom stereocenters. The number of ether oxygens (including phenoxy) is 2. The summed E-state index contributed by atoms with van der Waals surface area (Å²) in [4.78, 5) is 0. The molecule has 2 aromatic rings. The minimum absolute atomic E-state index is 0.611. The smallest absolute Gasteiger partial charge is 0.118 e. The van der Waals surface area contributed by atoms with E-state index < -0.39 is 16.1 Å². The van der Waals surface area contributed by atoms with Gasteiger partial charge in [0, 0.05) is 0 Å². The van der Waals surface area contributed by atoms with Crippen molar-refractivity contribution in [2.75, 3.05) is 14.2 Å². The van der Waals surface area contributed by atoms with Crippen LogP contribution in [-0.4, -0.2) is 30.4 Å². The van der Waals surface area contributed by atoms with Crippen LogP contribution in [0, 0.1) is 0 Å². The fourth-order valence-corrected chi connectivity index (χ4v) is 22.4. The van der Waals surface area contributed by atoms with Crippen LogP contribution in [0.25, 0.3) is 10.8 Å². The summed E-state index contributed by atoms with van der Waals surface area (Å²) in [6, 6.07) is 9.25. The largest absolute Gasteiger partial charge is 0.497 e. The Kier molecular flexibility index (Phi) is 9.18. The van der Waals surface area contributed by atoms with E-state index in [1.807, 2.05) is 14.2 Å². The Labute approximate surface area is 212 Å². The molecule has 34 heavy (non-hydrogen) atoms. The number of hydrogen-bond acceptors (Lipinski definition) is 2. The Morgan fingerprint density at radius 1 is 0.441 bits per heavy atom. The molecule has 0 saturated carbocycles. The standard InChI is InChI=1S/C30H52O2Si2/c1-19(2)33(20(3)4,21(5)6)29-25-15-18-28(32-14)30(26(25)16-17-27(29)31-13)34(22(7)8,23(9)10)24(11)12/h15-24H,1-14H3. The minimum Gasteiger partial charge on any atom is -0.497 e. The van der Waals surface area contributed by atoms with Crippen LogP contribution in [0.3, 0.4) is 0 Å². The Bertz CT molecular complexity index is 851. The monoisotopic (exact) mass is 500 g/mol. The third-order valence-electron chi connectivity index (χ3n) is 9.16. The first-order valence-corrected chi connectivity index (χ1v) is 17.9. The van der Waals surface area contributed by atoms with Crippen LogP contribution in [0.2, 0.25) is 33.2 Å². The van der Waals surface area contributed by atoms with Gasteiger partial charge >= 0.3 is 0 Å². The van der Waals surface area contributed by atoms with E-state index in [1.54, 1.807) is 0 Å². The first kappa shape index (κ1) is 29.0. The van der Waals surface area contributed by atoms with Gasteiger partial charge in [-0.15, -0.1) is 0 Å². The molecule has 0 N–H and O–H groups in total. The predicted molar refractivity (Wildman–Crippen MR) is 158 cm³/mol. The van der Waals surface area contributed by atoms with Gasteiger partial charge in [-0.3, -0.25) is 0 Å². The Morgan fingerprint density at radius 3 is 0.853 bits per heavy atom. The fraction of sp³-hybridized carbons (Fsp3) is 0.667. The van der Waals surface area contributed by atoms with E-state index in [0.29, 0.717) is 33.2 Å². The number of fused-ring (bicyclic) bond motifs is 1. The van der Waals surface area contributed by atoms with E-state index in [9.17, 15) is 0 Å². The topological polar surface area (TPSA) is 18.5 Å². The van der Waals surface area contributed by atoms with Gasteiger partial charge in [0.05, 0.1) is 30.4 Å². The molecule has 2 nitrogen and oxygen atoms in total. The molecule has 0 fully saturated rings. The number of rotatable bonds is 10. The molecule has 0 radical (unpaired) electrons. The third-order valence-corrected chi connectivity index (χ3v) is 23.4. The second-order valence-corrected chi connectivity index (χ2v) is 23.8. The highest BCUT2D eigenvalue weighted by molar-refractivity contribution is 6.99. The summed E-state index contributed by atoms with van der Waals surface area (Å²) in [6.07, 6.45) is 0. The highest BCUT2D eigenvalue weighted by Crippen LogP contribution is 2.47. The molecule has 2 rings (SSSR count). The van der Waals surface area contributed by atoms with Crippen molar-refractivity contribution >= 4 is 37.3 Å². The van der Waals surface area contributed by atoms with E-state index >= 15 is 0 Å². The number of hydrogen-bond donors (Lipinski definition) is 0. The third kappa shape index (κ3) is 4.17. The summed E-state index contributed by atoms with van der Waals surface area (Å²) in [7, 11) is -0.247. The van der Waals surface area contributed by atoms with E-state index in [1.165, 1.54) is 21.1 Å². The lowest BCUT2D eigenvalue weighted by Gasteiger charge is -2.46. The quantitative estimate of drug-likeness (QED) is 0.304. The molecule has 0 amide bonds. The van der Waals surface area contributed by atoms with Crippen LogP contribution in [0.1, 0.15) is 83.1 Å². The van der Waals surface area contributed by atoms with Crippen molar-refractivity contribution in [1.82, 2.24) is 0 Å². The lowest BCUT2D eigenvalue weighted by Crippen LogP contribution is -2.58. The normalized spacial score (nSPS) is 13.4. The number of benzene rings is 2. The van der Waals surface area contributed by atoms with Crippen molar-refractivity contribution in [1.29, 1.82) is 0 Å². The van der Waals surface area contributed by atoms with Gasteiger partial charge in [0.15, 0.2) is 0 Å². The zero-order valence-electron chi connectivity index (χ0n) is 24.6. The fourth-order valence-electron chi connectivity index (χ4n) is 8.33. The van der Waals surface area contributed by atoms with Crippen molar-refractivity contribution in [2.24, 2.45) is 0 Å². The van der Waals surface area contributed by atoms with E-state index in [4.69, 9.17) is 9.47 Å². The predicted octanol–water partition coefficient (Wildman–Crippen LogP) is 8.63. The van der Waals surface area contributed by atoms with Gasteiger partial charge in [-0.2, -0.15) is 0 Å². The van der Waals surface area contributed by atoms with Crippen LogP contribution in [0.15, 0.2) is 24.3 Å². The first-order chi connectivity index (χ1) is 15.8. The molecule has 0 heterocycles. The van der Waals surface area contributed by atoms with Crippen molar-refractivity contribution in [3.8, 4) is 11.5 Å². The van der Waals surface area contributed by atoms with Gasteiger partial charge in [0.25, 0.3) is 0 Å². The van der Waals surface area contributed by atoms with Crippen molar-refractivity contribution < 1.29 is 9.47 Å². The summed E-state index contributed by atoms with van der Waals surface area (Å²) >= 11 is 0. The molecule has 2 aromatic carbocycles. The van der Waals surface area contributed by atoms with Gasteiger partial charge in [-0.1, -0.05) is 95.2 Å². The lowest BCUT2D eigenvalue weighted by atomic mass is 10.1. The zero-order chi connectivity index (χ0) is 26.2. The van der Waals surface area contributed by atoms with Gasteiger partial charge < -0.3 is 9.47 Å². The maximum Gasteiger partial charge on any atom is 0.118 e. The molecule has 0 saturated heterocycles. The second-order valence-electron chi connectivity index (χ2n) is 12.2. The number of methoxy groups -OCH3 is 2. The molecule has 0 aliphatic carbocycles. The van der Waals surface area contributed by atoms with Crippen LogP contribution < -0.4 is 19.8 Å². The summed E-state index contributed by atoms with van der Waals surface area (Å²) in [5, 5.41) is 5.87. The summed E-state index contributed by atoms with van der Waals surface area (Å²) in [5.41, 5.74) is 3.67. The van der Waals surface area contributed by atoms with Crippen LogP contribution >= 0.6 is 0 Å². The van der Waals surface area contributed by atoms with Crippen LogP contribution in [0.5, 0.6) is 11.5 Å². The molecule has 0 atom stereocenters. The van der Waals surface area contributed by atoms with Gasteiger partial charge in [0.2, 0.25) is 0 Å². The molecule has 192 valence electrons. The van der Waals surface area contributed by atoms with E-state index in [-0.39, 0.29) is 0 Å². The average Bonchev–Trinajstić information content (AvgIpc) is 2.73. The van der Waals surface area contributed by atoms with Gasteiger partial charge in [-0.25, -0.2) is 0 Å². The molecule has 4 heteroatoms. The maximum atomic E-state index is 6.15. The van der Waals surface area contributed by atoms with E-state index in [2.05, 4.69) is 107 Å². The molecule has 0 spiro atoms. The highest BCUT2D eigenvalue weighted by Gasteiger charge is 2.50. The molecular weight excluding hydrogens is 449 g/mol. The van der Waals surface area contributed by atoms with Crippen molar-refractivity contribution in [2.45, 2.75) is 116 Å². The lowest BCUT2D eigenvalue weighted by molar-refractivity contribution is 0.417. The SMILES string of the molecule is COc1ccc2c([Si](C(C)C)(C(C)C)C(C)C)c(OC)ccc2c1[Si](C(C)C)(C(C)C)C(C)C. The van der Waals surface area contributed by atoms with Gasteiger partial charge in [0.1, 0.15) is 11.5 Å². The van der Waals surface area contributed by atoms with E-state index in [0.717, 1.165) is 11.5 Å². The zero-order valence-corrected chi connectivity index (χ0v) is 26.6. The molecule has 0 bridgehead atoms. The minimum atomic E-state index is -1.98. The Morgan fingerprint density at radius 2 is 0.676 bits per heavy atom. The second kappa shape index (κ2) is 10.8. The summed E-state index contributed by atoms with van der Waals surface area (Å²) < 4.78 is 12.3. The highest BCUT2D eigenvalue weighted by atomic mass is 28.3.